The van der Waals surface area contributed by atoms with Gasteiger partial charge < -0.3 is 20.1 Å². The summed E-state index contributed by atoms with van der Waals surface area (Å²) in [6.07, 6.45) is 3.58. The Bertz CT molecular complexity index is 505. The number of carbonyl (C=O) groups is 1. The molecule has 1 aliphatic heterocycles. The topological polar surface area (TPSA) is 69.2 Å². The molecule has 0 fully saturated rings. The molecule has 0 atom stereocenters. The Hall–Kier alpha value is -2.10. The van der Waals surface area contributed by atoms with Crippen LogP contribution in [0.3, 0.4) is 0 Å². The maximum Gasteiger partial charge on any atom is 0.256 e. The summed E-state index contributed by atoms with van der Waals surface area (Å²) in [5.41, 5.74) is 7.63. The molecule has 2 N–H and O–H groups in total. The third-order valence-electron chi connectivity index (χ3n) is 3.09. The number of methoxy groups -OCH3 is 1. The fraction of sp³-hybridized carbons (Fsp3) is 0.467. The molecule has 0 bridgehead atoms. The van der Waals surface area contributed by atoms with Crippen LogP contribution in [0.2, 0.25) is 0 Å². The van der Waals surface area contributed by atoms with Crippen LogP contribution in [0.5, 0.6) is 0 Å². The molecule has 1 aliphatic rings. The van der Waals surface area contributed by atoms with Gasteiger partial charge in [0.25, 0.3) is 5.70 Å². The smallest absolute Gasteiger partial charge is 0.256 e. The van der Waals surface area contributed by atoms with Crippen molar-refractivity contribution < 1.29 is 14.3 Å². The Labute approximate surface area is 125 Å². The molecule has 0 radical (unpaired) electrons. The number of ether oxygens (including phenoxy) is 2. The molecule has 1 rings (SSSR count). The fourth-order valence-electron chi connectivity index (χ4n) is 2.08. The first kappa shape index (κ1) is 17.0. The highest BCUT2D eigenvalue weighted by Crippen LogP contribution is 2.24. The Balaban J connectivity index is 2.76. The van der Waals surface area contributed by atoms with Crippen LogP contribution in [0.25, 0.3) is 4.85 Å². The summed E-state index contributed by atoms with van der Waals surface area (Å²) in [4.78, 5) is 16.5. The normalized spacial score (nSPS) is 14.4. The number of amides is 1. The first-order chi connectivity index (χ1) is 10.0. The molecule has 21 heavy (non-hydrogen) atoms. The van der Waals surface area contributed by atoms with E-state index in [1.165, 1.54) is 0 Å². The van der Waals surface area contributed by atoms with E-state index in [0.717, 1.165) is 11.4 Å². The van der Waals surface area contributed by atoms with Crippen molar-refractivity contribution in [3.8, 4) is 0 Å². The lowest BCUT2D eigenvalue weighted by molar-refractivity contribution is -0.114. The van der Waals surface area contributed by atoms with E-state index >= 15 is 0 Å². The molecular weight excluding hydrogens is 270 g/mol. The molecule has 0 spiro atoms. The highest BCUT2D eigenvalue weighted by atomic mass is 16.5. The summed E-state index contributed by atoms with van der Waals surface area (Å²) in [7, 11) is 1.63. The molecule has 0 aromatic carbocycles. The summed E-state index contributed by atoms with van der Waals surface area (Å²) in [6, 6.07) is 0. The van der Waals surface area contributed by atoms with Gasteiger partial charge in [-0.25, -0.2) is 4.85 Å². The van der Waals surface area contributed by atoms with E-state index < -0.39 is 5.91 Å². The molecule has 0 unspecified atom stereocenters. The van der Waals surface area contributed by atoms with Crippen LogP contribution in [0.15, 0.2) is 34.8 Å². The summed E-state index contributed by atoms with van der Waals surface area (Å²) >= 11 is 0. The number of nitrogens with two attached hydrogens (primary N) is 1. The Morgan fingerprint density at radius 3 is 2.38 bits per heavy atom. The van der Waals surface area contributed by atoms with E-state index in [1.54, 1.807) is 19.3 Å². The summed E-state index contributed by atoms with van der Waals surface area (Å²) in [5, 5.41) is 0. The van der Waals surface area contributed by atoms with Gasteiger partial charge in [-0.1, -0.05) is 0 Å². The number of rotatable bonds is 7. The van der Waals surface area contributed by atoms with E-state index in [2.05, 4.69) is 9.74 Å². The highest BCUT2D eigenvalue weighted by molar-refractivity contribution is 5.95. The average Bonchev–Trinajstić information content (AvgIpc) is 2.41. The van der Waals surface area contributed by atoms with Crippen LogP contribution in [0.1, 0.15) is 13.8 Å². The number of carbonyl (C=O) groups excluding carboxylic acids is 1. The van der Waals surface area contributed by atoms with Crippen molar-refractivity contribution in [3.63, 3.8) is 0 Å². The SMILES string of the molecule is [C-]#[N+]C(C(N)=O)=C1C=C(C)N(CCOCCOC)C(C)=C1. The van der Waals surface area contributed by atoms with Gasteiger partial charge in [-0.15, -0.1) is 0 Å². The average molecular weight is 291 g/mol. The molecule has 0 saturated heterocycles. The van der Waals surface area contributed by atoms with Crippen molar-refractivity contribution in [2.75, 3.05) is 33.5 Å². The van der Waals surface area contributed by atoms with Crippen molar-refractivity contribution in [2.24, 2.45) is 5.73 Å². The molecular formula is C15H21N3O3. The van der Waals surface area contributed by atoms with E-state index in [4.69, 9.17) is 21.8 Å². The predicted molar refractivity (Wildman–Crippen MR) is 79.7 cm³/mol. The second kappa shape index (κ2) is 8.25. The minimum Gasteiger partial charge on any atom is -0.382 e. The van der Waals surface area contributed by atoms with Gasteiger partial charge in [-0.2, -0.15) is 0 Å². The number of hydrogen-bond donors (Lipinski definition) is 1. The highest BCUT2D eigenvalue weighted by Gasteiger charge is 2.17. The van der Waals surface area contributed by atoms with Gasteiger partial charge in [0, 0.05) is 25.0 Å². The minimum absolute atomic E-state index is 0.0373. The lowest BCUT2D eigenvalue weighted by Gasteiger charge is -2.29. The van der Waals surface area contributed by atoms with Crippen LogP contribution in [0, 0.1) is 6.57 Å². The van der Waals surface area contributed by atoms with Gasteiger partial charge in [0.15, 0.2) is 0 Å². The van der Waals surface area contributed by atoms with Crippen LogP contribution < -0.4 is 5.73 Å². The van der Waals surface area contributed by atoms with Crippen molar-refractivity contribution in [3.05, 3.63) is 46.2 Å². The minimum atomic E-state index is -0.704. The lowest BCUT2D eigenvalue weighted by atomic mass is 10.1. The van der Waals surface area contributed by atoms with Crippen molar-refractivity contribution in [2.45, 2.75) is 13.8 Å². The summed E-state index contributed by atoms with van der Waals surface area (Å²) in [5.74, 6) is -0.704. The van der Waals surface area contributed by atoms with Gasteiger partial charge in [0.2, 0.25) is 5.91 Å². The molecule has 0 aromatic rings. The van der Waals surface area contributed by atoms with E-state index in [9.17, 15) is 4.79 Å². The standard InChI is InChI=1S/C15H21N3O3/c1-11-9-13(14(17-3)15(16)19)10-12(2)18(11)5-6-21-8-7-20-4/h9-10H,5-8H2,1-2,4H3,(H2,16,19). The Kier molecular flexibility index (Phi) is 6.66. The van der Waals surface area contributed by atoms with Crippen molar-refractivity contribution >= 4 is 5.91 Å². The number of hydrogen-bond acceptors (Lipinski definition) is 4. The first-order valence-corrected chi connectivity index (χ1v) is 6.63. The van der Waals surface area contributed by atoms with Gasteiger partial charge in [-0.3, -0.25) is 4.79 Å². The first-order valence-electron chi connectivity index (χ1n) is 6.63. The molecule has 0 aliphatic carbocycles. The predicted octanol–water partition coefficient (Wildman–Crippen LogP) is 1.43. The second-order valence-corrected chi connectivity index (χ2v) is 4.61. The zero-order chi connectivity index (χ0) is 15.8. The van der Waals surface area contributed by atoms with Crippen LogP contribution in [0.4, 0.5) is 0 Å². The zero-order valence-electron chi connectivity index (χ0n) is 12.7. The maximum absolute atomic E-state index is 11.2. The molecule has 0 aromatic heterocycles. The molecule has 0 saturated carbocycles. The number of allylic oxidation sites excluding steroid dienone is 5. The van der Waals surface area contributed by atoms with E-state index in [0.29, 0.717) is 31.9 Å². The Morgan fingerprint density at radius 2 is 1.90 bits per heavy atom. The third-order valence-corrected chi connectivity index (χ3v) is 3.09. The molecule has 6 heteroatoms. The zero-order valence-corrected chi connectivity index (χ0v) is 12.7. The van der Waals surface area contributed by atoms with Crippen molar-refractivity contribution in [1.82, 2.24) is 4.90 Å². The maximum atomic E-state index is 11.2. The van der Waals surface area contributed by atoms with Crippen LogP contribution in [-0.2, 0) is 14.3 Å². The Morgan fingerprint density at radius 1 is 1.29 bits per heavy atom. The third kappa shape index (κ3) is 4.74. The number of nitrogens with zero attached hydrogens (tertiary/aromatic N) is 2. The molecule has 1 amide bonds. The summed E-state index contributed by atoms with van der Waals surface area (Å²) in [6.45, 7) is 13.3. The van der Waals surface area contributed by atoms with Gasteiger partial charge in [0.05, 0.1) is 26.4 Å². The lowest BCUT2D eigenvalue weighted by Crippen LogP contribution is -2.27. The van der Waals surface area contributed by atoms with E-state index in [-0.39, 0.29) is 5.70 Å². The number of primary amides is 1. The monoisotopic (exact) mass is 291 g/mol. The quantitative estimate of drug-likeness (QED) is 0.438. The fourth-order valence-corrected chi connectivity index (χ4v) is 2.08. The molecule has 114 valence electrons. The van der Waals surface area contributed by atoms with Gasteiger partial charge >= 0.3 is 0 Å². The largest absolute Gasteiger partial charge is 0.382 e. The van der Waals surface area contributed by atoms with Crippen LogP contribution in [-0.4, -0.2) is 44.3 Å². The van der Waals surface area contributed by atoms with Crippen LogP contribution >= 0.6 is 0 Å². The van der Waals surface area contributed by atoms with Gasteiger partial charge in [-0.05, 0) is 31.6 Å². The molecule has 1 heterocycles. The summed E-state index contributed by atoms with van der Waals surface area (Å²) < 4.78 is 10.4. The molecule has 6 nitrogen and oxygen atoms in total. The van der Waals surface area contributed by atoms with Crippen molar-refractivity contribution in [1.29, 1.82) is 0 Å². The van der Waals surface area contributed by atoms with Gasteiger partial charge in [0.1, 0.15) is 0 Å². The van der Waals surface area contributed by atoms with E-state index in [1.807, 2.05) is 13.8 Å². The second-order valence-electron chi connectivity index (χ2n) is 4.61.